The molecule has 3 heterocycles. The number of hydrogen-bond donors (Lipinski definition) is 0. The Morgan fingerprint density at radius 3 is 2.33 bits per heavy atom. The second-order valence-corrected chi connectivity index (χ2v) is 19.5. The number of rotatable bonds is 7. The molecule has 1 radical (unpaired) electrons. The molecule has 3 aromatic heterocycles. The van der Waals surface area contributed by atoms with Gasteiger partial charge in [0.2, 0.25) is 0 Å². The maximum atomic E-state index is 8.78. The zero-order valence-electron chi connectivity index (χ0n) is 33.0. The van der Waals surface area contributed by atoms with Crippen LogP contribution in [0.2, 0.25) is 19.6 Å². The summed E-state index contributed by atoms with van der Waals surface area (Å²) in [4.78, 5) is 9.19. The molecule has 261 valence electrons. The van der Waals surface area contributed by atoms with Gasteiger partial charge in [0.05, 0.1) is 13.7 Å². The van der Waals surface area contributed by atoms with Crippen molar-refractivity contribution in [3.8, 4) is 33.6 Å². The minimum atomic E-state index is -1.50. The number of fused-ring (bicyclic) bond motifs is 3. The molecule has 0 spiro atoms. The summed E-state index contributed by atoms with van der Waals surface area (Å²) >= 11 is 0. The fraction of sp³-hybridized carbons (Fsp3) is 0.261. The first-order chi connectivity index (χ1) is 25.3. The van der Waals surface area contributed by atoms with Crippen LogP contribution in [-0.2, 0) is 26.5 Å². The molecule has 1 aliphatic carbocycles. The number of hydrogen-bond acceptors (Lipinski definition) is 3. The summed E-state index contributed by atoms with van der Waals surface area (Å²) in [5.74, 6) is -0.544. The molecule has 0 atom stereocenters. The second-order valence-electron chi connectivity index (χ2n) is 14.5. The van der Waals surface area contributed by atoms with E-state index in [0.717, 1.165) is 81.1 Å². The Balaban J connectivity index is 0.000000205. The monoisotopic (exact) mass is 866 g/mol. The quantitative estimate of drug-likeness (QED) is 0.118. The second kappa shape index (κ2) is 16.0. The minimum absolute atomic E-state index is 0. The van der Waals surface area contributed by atoms with Crippen molar-refractivity contribution in [1.82, 2.24) is 9.97 Å². The fourth-order valence-electron chi connectivity index (χ4n) is 6.87. The van der Waals surface area contributed by atoms with Crippen molar-refractivity contribution in [2.75, 3.05) is 0 Å². The van der Waals surface area contributed by atoms with E-state index in [0.29, 0.717) is 11.3 Å². The Morgan fingerprint density at radius 1 is 0.824 bits per heavy atom. The SMILES string of the molecule is [2H]C(C)(C)c1cc(-c2[c-]cccc2)ncc1[Si](C)(C)C.[2H]C([2H])(c1ccnc(-c2[c-]ccc3c2oc2cc(-c4ccccc4)ccc23)c1)C1CCCC1.[Ir]. The Labute approximate surface area is 322 Å². The van der Waals surface area contributed by atoms with Gasteiger partial charge < -0.3 is 14.4 Å². The van der Waals surface area contributed by atoms with Crippen LogP contribution in [0, 0.1) is 18.1 Å². The van der Waals surface area contributed by atoms with Gasteiger partial charge in [-0.05, 0) is 58.0 Å². The summed E-state index contributed by atoms with van der Waals surface area (Å²) in [6.45, 7) is 10.8. The molecule has 1 fully saturated rings. The summed E-state index contributed by atoms with van der Waals surface area (Å²) in [7, 11) is -1.50. The Kier molecular flexibility index (Phi) is 10.3. The molecule has 8 rings (SSSR count). The maximum Gasteiger partial charge on any atom is 0.121 e. The molecular weight excluding hydrogens is 817 g/mol. The van der Waals surface area contributed by atoms with Crippen LogP contribution in [0.5, 0.6) is 0 Å². The predicted octanol–water partition coefficient (Wildman–Crippen LogP) is 12.1. The van der Waals surface area contributed by atoms with Crippen LogP contribution in [0.3, 0.4) is 0 Å². The minimum Gasteiger partial charge on any atom is -0.501 e. The number of furan rings is 1. The summed E-state index contributed by atoms with van der Waals surface area (Å²) in [5, 5.41) is 3.35. The predicted molar refractivity (Wildman–Crippen MR) is 212 cm³/mol. The van der Waals surface area contributed by atoms with E-state index in [-0.39, 0.29) is 26.0 Å². The van der Waals surface area contributed by atoms with Crippen molar-refractivity contribution in [3.63, 3.8) is 0 Å². The van der Waals surface area contributed by atoms with Gasteiger partial charge in [-0.2, -0.15) is 0 Å². The van der Waals surface area contributed by atoms with Gasteiger partial charge in [-0.25, -0.2) is 0 Å². The van der Waals surface area contributed by atoms with Crippen molar-refractivity contribution in [2.45, 2.75) is 71.4 Å². The summed E-state index contributed by atoms with van der Waals surface area (Å²) in [5.41, 5.74) is 8.96. The standard InChI is InChI=1S/C29H24NO.C17H22NSi.Ir/c1-2-9-22(10-3-1)23-13-14-24-25-11-6-12-26(29(25)31-28(24)19-23)27-18-21(15-16-30-27)17-20-7-4-5-8-20;1-13(2)15-11-16(14-9-7-6-8-10-14)18-12-17(15)19(3,4)5;/h1-3,6,9-11,13-16,18-20H,4-5,7-8,17H2;6-9,11-13H,1-5H3;/q2*-1;/i17D2;13D;. The third kappa shape index (κ3) is 8.33. The third-order valence-electron chi connectivity index (χ3n) is 9.52. The van der Waals surface area contributed by atoms with Crippen molar-refractivity contribution in [2.24, 2.45) is 5.92 Å². The van der Waals surface area contributed by atoms with E-state index in [9.17, 15) is 0 Å². The Hall–Kier alpha value is -4.15. The normalized spacial score (nSPS) is 14.6. The maximum absolute atomic E-state index is 8.78. The van der Waals surface area contributed by atoms with E-state index >= 15 is 0 Å². The number of nitrogens with zero attached hydrogens (tertiary/aromatic N) is 2. The van der Waals surface area contributed by atoms with E-state index in [1.165, 1.54) is 5.19 Å². The molecule has 0 amide bonds. The van der Waals surface area contributed by atoms with Gasteiger partial charge in [0, 0.05) is 42.0 Å². The number of benzene rings is 4. The molecule has 1 aliphatic rings. The molecule has 0 unspecified atom stereocenters. The van der Waals surface area contributed by atoms with Crippen LogP contribution in [0.15, 0.2) is 120 Å². The van der Waals surface area contributed by atoms with Crippen molar-refractivity contribution >= 4 is 35.2 Å². The average Bonchev–Trinajstić information content (AvgIpc) is 3.84. The van der Waals surface area contributed by atoms with Crippen LogP contribution in [0.4, 0.5) is 0 Å². The summed E-state index contributed by atoms with van der Waals surface area (Å²) in [6.07, 6.45) is 6.44. The Morgan fingerprint density at radius 2 is 1.61 bits per heavy atom. The zero-order chi connectivity index (χ0) is 37.4. The molecule has 51 heavy (non-hydrogen) atoms. The molecule has 3 nitrogen and oxygen atoms in total. The van der Waals surface area contributed by atoms with E-state index in [1.807, 2.05) is 86.8 Å². The molecule has 0 saturated heterocycles. The molecule has 0 bridgehead atoms. The fourth-order valence-corrected chi connectivity index (χ4v) is 8.45. The Bertz CT molecular complexity index is 2360. The van der Waals surface area contributed by atoms with Gasteiger partial charge in [-0.15, -0.1) is 54.1 Å². The van der Waals surface area contributed by atoms with E-state index in [2.05, 4.69) is 78.1 Å². The third-order valence-corrected chi connectivity index (χ3v) is 11.5. The van der Waals surface area contributed by atoms with Gasteiger partial charge in [-0.3, -0.25) is 0 Å². The van der Waals surface area contributed by atoms with E-state index in [1.54, 1.807) is 6.20 Å². The topological polar surface area (TPSA) is 38.9 Å². The first-order valence-corrected chi connectivity index (χ1v) is 21.2. The molecule has 4 aromatic carbocycles. The van der Waals surface area contributed by atoms with Crippen LogP contribution >= 0.6 is 0 Å². The molecule has 7 aromatic rings. The summed E-state index contributed by atoms with van der Waals surface area (Å²) in [6, 6.07) is 40.6. The molecule has 1 saturated carbocycles. The van der Waals surface area contributed by atoms with Crippen LogP contribution < -0.4 is 5.19 Å². The van der Waals surface area contributed by atoms with Gasteiger partial charge >= 0.3 is 0 Å². The molecule has 0 N–H and O–H groups in total. The number of aromatic nitrogens is 2. The van der Waals surface area contributed by atoms with E-state index < -0.39 is 20.3 Å². The molecule has 0 aliphatic heterocycles. The van der Waals surface area contributed by atoms with Crippen LogP contribution in [-0.4, -0.2) is 18.0 Å². The number of pyridine rings is 2. The first kappa shape index (κ1) is 32.7. The van der Waals surface area contributed by atoms with Crippen molar-refractivity contribution in [1.29, 1.82) is 0 Å². The molecule has 5 heteroatoms. The van der Waals surface area contributed by atoms with Crippen molar-refractivity contribution < 1.29 is 28.6 Å². The smallest absolute Gasteiger partial charge is 0.121 e. The summed E-state index contributed by atoms with van der Waals surface area (Å²) < 4.78 is 32.4. The molecular formula is C46H46IrN2OSi-2. The van der Waals surface area contributed by atoms with E-state index in [4.69, 9.17) is 8.53 Å². The zero-order valence-corrected chi connectivity index (χ0v) is 33.4. The van der Waals surface area contributed by atoms with Gasteiger partial charge in [-0.1, -0.05) is 136 Å². The van der Waals surface area contributed by atoms with Crippen LogP contribution in [0.25, 0.3) is 55.6 Å². The van der Waals surface area contributed by atoms with Crippen LogP contribution in [0.1, 0.15) is 60.7 Å². The largest absolute Gasteiger partial charge is 0.501 e. The van der Waals surface area contributed by atoms with Gasteiger partial charge in [0.15, 0.2) is 0 Å². The first-order valence-electron chi connectivity index (χ1n) is 19.2. The van der Waals surface area contributed by atoms with Crippen molar-refractivity contribution in [3.05, 3.63) is 139 Å². The average molecular weight is 866 g/mol. The van der Waals surface area contributed by atoms with Gasteiger partial charge in [0.1, 0.15) is 5.58 Å². The van der Waals surface area contributed by atoms with Gasteiger partial charge in [0.25, 0.3) is 0 Å².